The third kappa shape index (κ3) is 3.28. The highest BCUT2D eigenvalue weighted by Gasteiger charge is 2.13. The first-order valence-electron chi connectivity index (χ1n) is 7.03. The van der Waals surface area contributed by atoms with Gasteiger partial charge in [-0.1, -0.05) is 12.1 Å². The van der Waals surface area contributed by atoms with Crippen LogP contribution in [0.25, 0.3) is 0 Å². The number of amides is 1. The van der Waals surface area contributed by atoms with Crippen molar-refractivity contribution >= 4 is 5.91 Å². The lowest BCUT2D eigenvalue weighted by molar-refractivity contribution is -0.121. The summed E-state index contributed by atoms with van der Waals surface area (Å²) in [4.78, 5) is 23.3. The number of hydrogen-bond acceptors (Lipinski definition) is 4. The summed E-state index contributed by atoms with van der Waals surface area (Å²) in [5.74, 6) is 1.30. The quantitative estimate of drug-likeness (QED) is 0.892. The molecule has 1 aliphatic heterocycles. The fourth-order valence-electron chi connectivity index (χ4n) is 2.24. The summed E-state index contributed by atoms with van der Waals surface area (Å²) in [6.45, 7) is 0.780. The van der Waals surface area contributed by atoms with E-state index in [1.807, 2.05) is 18.2 Å². The Morgan fingerprint density at radius 3 is 2.91 bits per heavy atom. The normalized spacial score (nSPS) is 12.2. The van der Waals surface area contributed by atoms with Crippen LogP contribution in [0.5, 0.6) is 11.5 Å². The molecule has 114 valence electrons. The molecule has 0 saturated carbocycles. The number of hydrogen-bond donors (Lipinski definition) is 1. The van der Waals surface area contributed by atoms with Crippen molar-refractivity contribution in [3.63, 3.8) is 0 Å². The molecule has 0 atom stereocenters. The van der Waals surface area contributed by atoms with E-state index in [1.54, 1.807) is 18.3 Å². The van der Waals surface area contributed by atoms with Gasteiger partial charge in [0, 0.05) is 18.8 Å². The molecule has 1 aromatic heterocycles. The van der Waals surface area contributed by atoms with Crippen molar-refractivity contribution in [3.8, 4) is 11.5 Å². The number of benzene rings is 1. The van der Waals surface area contributed by atoms with Crippen molar-refractivity contribution in [2.75, 3.05) is 13.3 Å². The molecular weight excluding hydrogens is 284 g/mol. The lowest BCUT2D eigenvalue weighted by Crippen LogP contribution is -2.32. The van der Waals surface area contributed by atoms with Gasteiger partial charge in [0.1, 0.15) is 6.54 Å². The SMILES string of the molecule is O=C(Cn1ccccc1=O)NCCc1ccc2c(c1)OCO2. The molecule has 1 aromatic carbocycles. The Morgan fingerprint density at radius 1 is 1.18 bits per heavy atom. The molecule has 3 rings (SSSR count). The Bertz CT molecular complexity index is 739. The molecule has 1 amide bonds. The molecule has 0 aliphatic carbocycles. The third-order valence-corrected chi connectivity index (χ3v) is 3.39. The third-order valence-electron chi connectivity index (χ3n) is 3.39. The first-order valence-corrected chi connectivity index (χ1v) is 7.03. The Kier molecular flexibility index (Phi) is 4.09. The number of fused-ring (bicyclic) bond motifs is 1. The molecule has 1 aliphatic rings. The first kappa shape index (κ1) is 14.2. The number of aromatic nitrogens is 1. The minimum atomic E-state index is -0.187. The standard InChI is InChI=1S/C16H16N2O4/c19-15(10-18-8-2-1-3-16(18)20)17-7-6-12-4-5-13-14(9-12)22-11-21-13/h1-5,8-9H,6-7,10-11H2,(H,17,19). The molecule has 22 heavy (non-hydrogen) atoms. The van der Waals surface area contributed by atoms with Crippen LogP contribution in [0.2, 0.25) is 0 Å². The van der Waals surface area contributed by atoms with Gasteiger partial charge in [-0.2, -0.15) is 0 Å². The molecule has 0 fully saturated rings. The van der Waals surface area contributed by atoms with Gasteiger partial charge in [0.25, 0.3) is 5.56 Å². The van der Waals surface area contributed by atoms with E-state index in [9.17, 15) is 9.59 Å². The lowest BCUT2D eigenvalue weighted by atomic mass is 10.1. The van der Waals surface area contributed by atoms with Crippen molar-refractivity contribution in [2.24, 2.45) is 0 Å². The van der Waals surface area contributed by atoms with Crippen LogP contribution < -0.4 is 20.3 Å². The summed E-state index contributed by atoms with van der Waals surface area (Å²) < 4.78 is 11.9. The average Bonchev–Trinajstić information content (AvgIpc) is 2.97. The van der Waals surface area contributed by atoms with Gasteiger partial charge in [-0.05, 0) is 30.2 Å². The summed E-state index contributed by atoms with van der Waals surface area (Å²) >= 11 is 0. The molecule has 0 radical (unpaired) electrons. The molecule has 1 N–H and O–H groups in total. The zero-order valence-corrected chi connectivity index (χ0v) is 12.0. The first-order chi connectivity index (χ1) is 10.7. The molecule has 2 heterocycles. The molecule has 0 unspecified atom stereocenters. The van der Waals surface area contributed by atoms with E-state index in [0.29, 0.717) is 13.0 Å². The van der Waals surface area contributed by atoms with Crippen molar-refractivity contribution in [1.82, 2.24) is 9.88 Å². The van der Waals surface area contributed by atoms with E-state index in [-0.39, 0.29) is 24.8 Å². The highest BCUT2D eigenvalue weighted by Crippen LogP contribution is 2.32. The van der Waals surface area contributed by atoms with E-state index in [1.165, 1.54) is 10.6 Å². The van der Waals surface area contributed by atoms with Gasteiger partial charge in [0.05, 0.1) is 0 Å². The van der Waals surface area contributed by atoms with E-state index in [4.69, 9.17) is 9.47 Å². The molecule has 0 spiro atoms. The molecule has 0 bridgehead atoms. The summed E-state index contributed by atoms with van der Waals surface area (Å²) in [7, 11) is 0. The largest absolute Gasteiger partial charge is 0.454 e. The number of carbonyl (C=O) groups is 1. The lowest BCUT2D eigenvalue weighted by Gasteiger charge is -2.07. The van der Waals surface area contributed by atoms with Crippen LogP contribution in [0, 0.1) is 0 Å². The number of ether oxygens (including phenoxy) is 2. The topological polar surface area (TPSA) is 69.6 Å². The van der Waals surface area contributed by atoms with Crippen molar-refractivity contribution in [3.05, 3.63) is 58.5 Å². The number of carbonyl (C=O) groups excluding carboxylic acids is 1. The number of rotatable bonds is 5. The molecular formula is C16H16N2O4. The monoisotopic (exact) mass is 300 g/mol. The van der Waals surface area contributed by atoms with E-state index in [2.05, 4.69) is 5.32 Å². The Balaban J connectivity index is 1.50. The minimum Gasteiger partial charge on any atom is -0.454 e. The predicted molar refractivity (Wildman–Crippen MR) is 80.0 cm³/mol. The second-order valence-corrected chi connectivity index (χ2v) is 4.95. The van der Waals surface area contributed by atoms with Gasteiger partial charge in [-0.3, -0.25) is 9.59 Å². The molecule has 6 nitrogen and oxygen atoms in total. The summed E-state index contributed by atoms with van der Waals surface area (Å²) in [5.41, 5.74) is 0.870. The van der Waals surface area contributed by atoms with Crippen LogP contribution in [0.3, 0.4) is 0 Å². The van der Waals surface area contributed by atoms with Gasteiger partial charge in [0.2, 0.25) is 12.7 Å². The summed E-state index contributed by atoms with van der Waals surface area (Å²) in [6, 6.07) is 10.5. The number of nitrogens with one attached hydrogen (secondary N) is 1. The number of nitrogens with zero attached hydrogens (tertiary/aromatic N) is 1. The van der Waals surface area contributed by atoms with Crippen LogP contribution in [0.4, 0.5) is 0 Å². The van der Waals surface area contributed by atoms with Crippen molar-refractivity contribution in [1.29, 1.82) is 0 Å². The second-order valence-electron chi connectivity index (χ2n) is 4.95. The average molecular weight is 300 g/mol. The van der Waals surface area contributed by atoms with E-state index >= 15 is 0 Å². The fourth-order valence-corrected chi connectivity index (χ4v) is 2.24. The number of pyridine rings is 1. The van der Waals surface area contributed by atoms with E-state index < -0.39 is 0 Å². The van der Waals surface area contributed by atoms with Gasteiger partial charge < -0.3 is 19.4 Å². The molecule has 2 aromatic rings. The fraction of sp³-hybridized carbons (Fsp3) is 0.250. The Hall–Kier alpha value is -2.76. The van der Waals surface area contributed by atoms with Crippen LogP contribution in [-0.2, 0) is 17.8 Å². The Morgan fingerprint density at radius 2 is 2.05 bits per heavy atom. The molecule has 0 saturated heterocycles. The maximum Gasteiger partial charge on any atom is 0.250 e. The minimum absolute atomic E-state index is 0.0286. The van der Waals surface area contributed by atoms with Crippen LogP contribution in [0.1, 0.15) is 5.56 Å². The second kappa shape index (κ2) is 6.34. The van der Waals surface area contributed by atoms with Crippen molar-refractivity contribution < 1.29 is 14.3 Å². The summed E-state index contributed by atoms with van der Waals surface area (Å²) in [6.07, 6.45) is 2.28. The van der Waals surface area contributed by atoms with Gasteiger partial charge in [-0.25, -0.2) is 0 Å². The molecule has 6 heteroatoms. The van der Waals surface area contributed by atoms with Crippen LogP contribution >= 0.6 is 0 Å². The maximum atomic E-state index is 11.8. The zero-order valence-electron chi connectivity index (χ0n) is 12.0. The Labute approximate surface area is 127 Å². The highest BCUT2D eigenvalue weighted by atomic mass is 16.7. The van der Waals surface area contributed by atoms with Gasteiger partial charge in [-0.15, -0.1) is 0 Å². The van der Waals surface area contributed by atoms with Crippen LogP contribution in [-0.4, -0.2) is 23.8 Å². The summed E-state index contributed by atoms with van der Waals surface area (Å²) in [5, 5.41) is 2.80. The van der Waals surface area contributed by atoms with Crippen molar-refractivity contribution in [2.45, 2.75) is 13.0 Å². The van der Waals surface area contributed by atoms with Crippen LogP contribution in [0.15, 0.2) is 47.4 Å². The smallest absolute Gasteiger partial charge is 0.250 e. The highest BCUT2D eigenvalue weighted by molar-refractivity contribution is 5.75. The maximum absolute atomic E-state index is 11.8. The van der Waals surface area contributed by atoms with Gasteiger partial charge >= 0.3 is 0 Å². The predicted octanol–water partition coefficient (Wildman–Crippen LogP) is 0.936. The zero-order chi connectivity index (χ0) is 15.4. The van der Waals surface area contributed by atoms with Gasteiger partial charge in [0.15, 0.2) is 11.5 Å². The van der Waals surface area contributed by atoms with E-state index in [0.717, 1.165) is 17.1 Å².